The molecule has 1 aliphatic heterocycles. The van der Waals surface area contributed by atoms with Crippen molar-refractivity contribution in [2.75, 3.05) is 6.61 Å². The Morgan fingerprint density at radius 1 is 0.773 bits per heavy atom. The van der Waals surface area contributed by atoms with E-state index >= 15 is 0 Å². The molecule has 0 aromatic rings. The van der Waals surface area contributed by atoms with Crippen LogP contribution in [0, 0.1) is 5.92 Å². The zero-order chi connectivity index (χ0) is 16.0. The zero-order valence-corrected chi connectivity index (χ0v) is 15.9. The van der Waals surface area contributed by atoms with Gasteiger partial charge in [0.15, 0.2) is 0 Å². The lowest BCUT2D eigenvalue weighted by molar-refractivity contribution is -0.0328. The highest BCUT2D eigenvalue weighted by atomic mass is 35.5. The van der Waals surface area contributed by atoms with Gasteiger partial charge in [0, 0.05) is 0 Å². The van der Waals surface area contributed by atoms with Crippen molar-refractivity contribution in [2.24, 2.45) is 5.92 Å². The summed E-state index contributed by atoms with van der Waals surface area (Å²) in [5, 5.41) is 0.251. The third kappa shape index (κ3) is 9.40. The van der Waals surface area contributed by atoms with Gasteiger partial charge in [-0.15, -0.1) is 11.6 Å². The number of rotatable bonds is 13. The molecule has 0 N–H and O–H groups in total. The maximum Gasteiger partial charge on any atom is 0.0634 e. The minimum Gasteiger partial charge on any atom is -0.376 e. The fourth-order valence-electron chi connectivity index (χ4n) is 3.67. The highest BCUT2D eigenvalue weighted by Crippen LogP contribution is 2.31. The van der Waals surface area contributed by atoms with Crippen LogP contribution >= 0.6 is 11.6 Å². The first-order valence-electron chi connectivity index (χ1n) is 10.0. The number of ether oxygens (including phenoxy) is 1. The van der Waals surface area contributed by atoms with Gasteiger partial charge in [-0.25, -0.2) is 0 Å². The number of unbranched alkanes of at least 4 members (excludes halogenated alkanes) is 9. The summed E-state index contributed by atoms with van der Waals surface area (Å²) in [5.41, 5.74) is 0. The van der Waals surface area contributed by atoms with Crippen molar-refractivity contribution in [1.82, 2.24) is 0 Å². The molecule has 0 aliphatic carbocycles. The van der Waals surface area contributed by atoms with Crippen LogP contribution in [0.4, 0.5) is 0 Å². The molecular formula is C20H39ClO. The van der Waals surface area contributed by atoms with Gasteiger partial charge in [0.1, 0.15) is 0 Å². The summed E-state index contributed by atoms with van der Waals surface area (Å²) in [6.07, 6.45) is 19.4. The Labute approximate surface area is 144 Å². The van der Waals surface area contributed by atoms with Crippen molar-refractivity contribution < 1.29 is 4.74 Å². The molecule has 1 rings (SSSR count). The maximum absolute atomic E-state index is 6.33. The first kappa shape index (κ1) is 20.3. The average Bonchev–Trinajstić information content (AvgIpc) is 2.52. The molecule has 3 atom stereocenters. The molecular weight excluding hydrogens is 292 g/mol. The predicted molar refractivity (Wildman–Crippen MR) is 98.9 cm³/mol. The molecule has 0 spiro atoms. The summed E-state index contributed by atoms with van der Waals surface area (Å²) in [4.78, 5) is 0. The normalized spacial score (nSPS) is 25.5. The van der Waals surface area contributed by atoms with Crippen molar-refractivity contribution >= 4 is 11.6 Å². The van der Waals surface area contributed by atoms with Crippen molar-refractivity contribution in [3.8, 4) is 0 Å². The summed E-state index contributed by atoms with van der Waals surface area (Å²) in [6, 6.07) is 0. The summed E-state index contributed by atoms with van der Waals surface area (Å²) in [5.74, 6) is 0.716. The molecule has 1 fully saturated rings. The van der Waals surface area contributed by atoms with Crippen LogP contribution in [0.15, 0.2) is 0 Å². The number of hydrogen-bond donors (Lipinski definition) is 0. The Morgan fingerprint density at radius 3 is 1.95 bits per heavy atom. The van der Waals surface area contributed by atoms with E-state index in [4.69, 9.17) is 16.3 Å². The molecule has 22 heavy (non-hydrogen) atoms. The lowest BCUT2D eigenvalue weighted by Gasteiger charge is -2.34. The minimum absolute atomic E-state index is 0.251. The van der Waals surface area contributed by atoms with E-state index in [9.17, 15) is 0 Å². The topological polar surface area (TPSA) is 9.23 Å². The van der Waals surface area contributed by atoms with Gasteiger partial charge in [0.25, 0.3) is 0 Å². The smallest absolute Gasteiger partial charge is 0.0634 e. The molecule has 0 bridgehead atoms. The molecule has 1 saturated heterocycles. The molecule has 0 aromatic carbocycles. The van der Waals surface area contributed by atoms with Gasteiger partial charge in [-0.05, 0) is 25.2 Å². The van der Waals surface area contributed by atoms with Gasteiger partial charge < -0.3 is 4.74 Å². The van der Waals surface area contributed by atoms with Crippen LogP contribution in [0.3, 0.4) is 0 Å². The second kappa shape index (κ2) is 13.7. The van der Waals surface area contributed by atoms with Crippen molar-refractivity contribution in [3.05, 3.63) is 0 Å². The standard InChI is InChI=1S/C20H39ClO/c1-3-5-7-9-11-13-15-20-18(16-19(21)17-22-20)14-12-10-8-6-4-2/h18-20H,3-17H2,1-2H3/t18-,19?,20+/m0/s1. The third-order valence-electron chi connectivity index (χ3n) is 5.10. The summed E-state index contributed by atoms with van der Waals surface area (Å²) >= 11 is 6.33. The van der Waals surface area contributed by atoms with E-state index < -0.39 is 0 Å². The molecule has 0 amide bonds. The van der Waals surface area contributed by atoms with E-state index in [1.807, 2.05) is 0 Å². The van der Waals surface area contributed by atoms with Crippen LogP contribution in [-0.2, 0) is 4.74 Å². The molecule has 1 heterocycles. The lowest BCUT2D eigenvalue weighted by atomic mass is 9.86. The SMILES string of the molecule is CCCCCCCC[C@H]1OCC(Cl)C[C@@H]1CCCCCCC. The Hall–Kier alpha value is 0.250. The van der Waals surface area contributed by atoms with Gasteiger partial charge in [-0.3, -0.25) is 0 Å². The van der Waals surface area contributed by atoms with E-state index in [1.165, 1.54) is 89.9 Å². The van der Waals surface area contributed by atoms with E-state index in [0.29, 0.717) is 12.0 Å². The van der Waals surface area contributed by atoms with Crippen LogP contribution < -0.4 is 0 Å². The van der Waals surface area contributed by atoms with Gasteiger partial charge in [-0.2, -0.15) is 0 Å². The Balaban J connectivity index is 2.16. The first-order chi connectivity index (χ1) is 10.8. The molecule has 2 heteroatoms. The summed E-state index contributed by atoms with van der Waals surface area (Å²) in [6.45, 7) is 5.33. The molecule has 1 unspecified atom stereocenters. The Kier molecular flexibility index (Phi) is 12.6. The van der Waals surface area contributed by atoms with Crippen LogP contribution in [0.25, 0.3) is 0 Å². The van der Waals surface area contributed by atoms with E-state index in [0.717, 1.165) is 6.61 Å². The van der Waals surface area contributed by atoms with Crippen LogP contribution in [0.1, 0.15) is 104 Å². The molecule has 0 saturated carbocycles. The first-order valence-corrected chi connectivity index (χ1v) is 10.5. The highest BCUT2D eigenvalue weighted by Gasteiger charge is 2.29. The minimum atomic E-state index is 0.251. The molecule has 0 radical (unpaired) electrons. The van der Waals surface area contributed by atoms with E-state index in [2.05, 4.69) is 13.8 Å². The summed E-state index contributed by atoms with van der Waals surface area (Å²) in [7, 11) is 0. The van der Waals surface area contributed by atoms with E-state index in [-0.39, 0.29) is 5.38 Å². The largest absolute Gasteiger partial charge is 0.376 e. The molecule has 1 nitrogen and oxygen atoms in total. The second-order valence-corrected chi connectivity index (χ2v) is 7.84. The number of alkyl halides is 1. The maximum atomic E-state index is 6.33. The average molecular weight is 331 g/mol. The van der Waals surface area contributed by atoms with Gasteiger partial charge in [0.2, 0.25) is 0 Å². The Morgan fingerprint density at radius 2 is 1.32 bits per heavy atom. The van der Waals surface area contributed by atoms with Gasteiger partial charge >= 0.3 is 0 Å². The molecule has 0 aromatic heterocycles. The monoisotopic (exact) mass is 330 g/mol. The molecule has 1 aliphatic rings. The highest BCUT2D eigenvalue weighted by molar-refractivity contribution is 6.20. The van der Waals surface area contributed by atoms with Crippen molar-refractivity contribution in [3.63, 3.8) is 0 Å². The van der Waals surface area contributed by atoms with Crippen molar-refractivity contribution in [1.29, 1.82) is 0 Å². The Bertz CT molecular complexity index is 244. The van der Waals surface area contributed by atoms with Gasteiger partial charge in [0.05, 0.1) is 18.1 Å². The number of hydrogen-bond acceptors (Lipinski definition) is 1. The second-order valence-electron chi connectivity index (χ2n) is 7.22. The quantitative estimate of drug-likeness (QED) is 0.258. The van der Waals surface area contributed by atoms with Crippen LogP contribution in [0.5, 0.6) is 0 Å². The lowest BCUT2D eigenvalue weighted by Crippen LogP contribution is -2.35. The fourth-order valence-corrected chi connectivity index (χ4v) is 3.97. The number of halogens is 1. The summed E-state index contributed by atoms with van der Waals surface area (Å²) < 4.78 is 6.08. The van der Waals surface area contributed by atoms with E-state index in [1.54, 1.807) is 0 Å². The zero-order valence-electron chi connectivity index (χ0n) is 15.1. The van der Waals surface area contributed by atoms with Gasteiger partial charge in [-0.1, -0.05) is 84.5 Å². The van der Waals surface area contributed by atoms with Crippen LogP contribution in [-0.4, -0.2) is 18.1 Å². The molecule has 132 valence electrons. The fraction of sp³-hybridized carbons (Fsp3) is 1.00. The third-order valence-corrected chi connectivity index (χ3v) is 5.40. The predicted octanol–water partition coefficient (Wildman–Crippen LogP) is 7.11. The van der Waals surface area contributed by atoms with Crippen LogP contribution in [0.2, 0.25) is 0 Å². The van der Waals surface area contributed by atoms with Crippen molar-refractivity contribution in [2.45, 2.75) is 115 Å².